The van der Waals surface area contributed by atoms with Gasteiger partial charge in [-0.3, -0.25) is 4.68 Å². The lowest BCUT2D eigenvalue weighted by Crippen LogP contribution is -2.09. The standard InChI is InChI=1S/C10H12N4O2/c1-3-16-10(15)7-4-12-9-6(8(7)11)5-13-14(9)2/h4-5H,3H2,1-2H3,(H2,11,12). The SMILES string of the molecule is CCOC(=O)c1cnc2c(cnn2C)c1N. The summed E-state index contributed by atoms with van der Waals surface area (Å²) in [6.45, 7) is 2.05. The molecule has 6 heteroatoms. The number of nitrogens with zero attached hydrogens (tertiary/aromatic N) is 3. The lowest BCUT2D eigenvalue weighted by atomic mass is 10.2. The predicted molar refractivity (Wildman–Crippen MR) is 58.9 cm³/mol. The third-order valence-corrected chi connectivity index (χ3v) is 2.30. The molecule has 0 saturated carbocycles. The smallest absolute Gasteiger partial charge is 0.341 e. The number of nitrogen functional groups attached to an aromatic ring is 1. The molecule has 0 bridgehead atoms. The van der Waals surface area contributed by atoms with Gasteiger partial charge < -0.3 is 10.5 Å². The zero-order chi connectivity index (χ0) is 11.7. The van der Waals surface area contributed by atoms with Gasteiger partial charge in [-0.2, -0.15) is 5.10 Å². The number of hydrogen-bond donors (Lipinski definition) is 1. The molecule has 0 atom stereocenters. The Morgan fingerprint density at radius 2 is 2.31 bits per heavy atom. The molecule has 0 aliphatic carbocycles. The summed E-state index contributed by atoms with van der Waals surface area (Å²) in [7, 11) is 1.76. The summed E-state index contributed by atoms with van der Waals surface area (Å²) in [5, 5.41) is 4.69. The van der Waals surface area contributed by atoms with Gasteiger partial charge in [-0.05, 0) is 6.92 Å². The number of anilines is 1. The second kappa shape index (κ2) is 3.80. The van der Waals surface area contributed by atoms with E-state index in [1.165, 1.54) is 6.20 Å². The Bertz CT molecular complexity index is 547. The number of pyridine rings is 1. The minimum absolute atomic E-state index is 0.280. The van der Waals surface area contributed by atoms with E-state index in [-0.39, 0.29) is 5.56 Å². The second-order valence-corrected chi connectivity index (χ2v) is 3.31. The monoisotopic (exact) mass is 220 g/mol. The molecule has 2 aromatic rings. The number of rotatable bonds is 2. The number of carbonyl (C=O) groups excluding carboxylic acids is 1. The van der Waals surface area contributed by atoms with Crippen molar-refractivity contribution in [2.75, 3.05) is 12.3 Å². The Morgan fingerprint density at radius 1 is 1.56 bits per heavy atom. The highest BCUT2D eigenvalue weighted by Crippen LogP contribution is 2.22. The third kappa shape index (κ3) is 1.48. The van der Waals surface area contributed by atoms with Crippen molar-refractivity contribution in [1.82, 2.24) is 14.8 Å². The number of fused-ring (bicyclic) bond motifs is 1. The van der Waals surface area contributed by atoms with Crippen LogP contribution in [0.5, 0.6) is 0 Å². The van der Waals surface area contributed by atoms with Gasteiger partial charge in [0.2, 0.25) is 0 Å². The van der Waals surface area contributed by atoms with Crippen LogP contribution in [0.25, 0.3) is 11.0 Å². The molecule has 0 spiro atoms. The fourth-order valence-corrected chi connectivity index (χ4v) is 1.49. The minimum Gasteiger partial charge on any atom is -0.462 e. The Hall–Kier alpha value is -2.11. The maximum absolute atomic E-state index is 11.5. The van der Waals surface area contributed by atoms with Gasteiger partial charge in [-0.1, -0.05) is 0 Å². The van der Waals surface area contributed by atoms with Crippen LogP contribution >= 0.6 is 0 Å². The van der Waals surface area contributed by atoms with Gasteiger partial charge in [0, 0.05) is 13.2 Å². The van der Waals surface area contributed by atoms with Crippen LogP contribution in [0.4, 0.5) is 5.69 Å². The third-order valence-electron chi connectivity index (χ3n) is 2.30. The van der Waals surface area contributed by atoms with Gasteiger partial charge in [0.1, 0.15) is 5.56 Å². The Kier molecular flexibility index (Phi) is 2.47. The summed E-state index contributed by atoms with van der Waals surface area (Å²) in [6.07, 6.45) is 3.00. The maximum atomic E-state index is 11.5. The van der Waals surface area contributed by atoms with E-state index in [4.69, 9.17) is 10.5 Å². The van der Waals surface area contributed by atoms with E-state index < -0.39 is 5.97 Å². The van der Waals surface area contributed by atoms with E-state index in [0.29, 0.717) is 23.3 Å². The van der Waals surface area contributed by atoms with E-state index in [0.717, 1.165) is 0 Å². The lowest BCUT2D eigenvalue weighted by molar-refractivity contribution is 0.0527. The summed E-state index contributed by atoms with van der Waals surface area (Å²) < 4.78 is 6.48. The van der Waals surface area contributed by atoms with Gasteiger partial charge in [0.05, 0.1) is 23.9 Å². The van der Waals surface area contributed by atoms with Crippen LogP contribution in [-0.2, 0) is 11.8 Å². The molecule has 0 aliphatic heterocycles. The first-order chi connectivity index (χ1) is 7.65. The van der Waals surface area contributed by atoms with Gasteiger partial charge in [-0.15, -0.1) is 0 Å². The Balaban J connectivity index is 2.56. The molecule has 16 heavy (non-hydrogen) atoms. The van der Waals surface area contributed by atoms with Crippen molar-refractivity contribution in [3.8, 4) is 0 Å². The normalized spacial score (nSPS) is 10.6. The van der Waals surface area contributed by atoms with E-state index >= 15 is 0 Å². The lowest BCUT2D eigenvalue weighted by Gasteiger charge is -2.05. The first-order valence-electron chi connectivity index (χ1n) is 4.88. The number of aryl methyl sites for hydroxylation is 1. The van der Waals surface area contributed by atoms with Crippen LogP contribution in [0.2, 0.25) is 0 Å². The summed E-state index contributed by atoms with van der Waals surface area (Å²) in [4.78, 5) is 15.7. The van der Waals surface area contributed by atoms with E-state index in [2.05, 4.69) is 10.1 Å². The second-order valence-electron chi connectivity index (χ2n) is 3.31. The zero-order valence-corrected chi connectivity index (χ0v) is 9.10. The highest BCUT2D eigenvalue weighted by molar-refractivity contribution is 6.03. The van der Waals surface area contributed by atoms with Gasteiger partial charge in [0.15, 0.2) is 5.65 Å². The predicted octanol–water partition coefficient (Wildman–Crippen LogP) is 0.727. The van der Waals surface area contributed by atoms with Gasteiger partial charge >= 0.3 is 5.97 Å². The molecule has 0 aliphatic rings. The van der Waals surface area contributed by atoms with Crippen molar-refractivity contribution in [2.24, 2.45) is 7.05 Å². The van der Waals surface area contributed by atoms with Crippen molar-refractivity contribution in [2.45, 2.75) is 6.92 Å². The summed E-state index contributed by atoms with van der Waals surface area (Å²) in [5.41, 5.74) is 7.15. The van der Waals surface area contributed by atoms with Crippen LogP contribution in [-0.4, -0.2) is 27.3 Å². The van der Waals surface area contributed by atoms with E-state index in [1.54, 1.807) is 24.9 Å². The van der Waals surface area contributed by atoms with Crippen molar-refractivity contribution in [3.05, 3.63) is 18.0 Å². The van der Waals surface area contributed by atoms with Crippen LogP contribution in [0.3, 0.4) is 0 Å². The first-order valence-corrected chi connectivity index (χ1v) is 4.88. The summed E-state index contributed by atoms with van der Waals surface area (Å²) in [6, 6.07) is 0. The number of ether oxygens (including phenoxy) is 1. The largest absolute Gasteiger partial charge is 0.462 e. The molecule has 6 nitrogen and oxygen atoms in total. The molecule has 84 valence electrons. The number of hydrogen-bond acceptors (Lipinski definition) is 5. The molecule has 0 aromatic carbocycles. The minimum atomic E-state index is -0.460. The van der Waals surface area contributed by atoms with Crippen molar-refractivity contribution in [1.29, 1.82) is 0 Å². The van der Waals surface area contributed by atoms with E-state index in [1.807, 2.05) is 0 Å². The molecule has 0 unspecified atom stereocenters. The Morgan fingerprint density at radius 3 is 3.00 bits per heavy atom. The Labute approximate surface area is 92.0 Å². The van der Waals surface area contributed by atoms with Crippen LogP contribution in [0.15, 0.2) is 12.4 Å². The fourth-order valence-electron chi connectivity index (χ4n) is 1.49. The van der Waals surface area contributed by atoms with Crippen LogP contribution < -0.4 is 5.73 Å². The van der Waals surface area contributed by atoms with Gasteiger partial charge in [-0.25, -0.2) is 9.78 Å². The molecule has 2 rings (SSSR count). The van der Waals surface area contributed by atoms with Crippen LogP contribution in [0, 0.1) is 0 Å². The topological polar surface area (TPSA) is 83.0 Å². The number of carbonyl (C=O) groups is 1. The molecule has 0 amide bonds. The summed E-state index contributed by atoms with van der Waals surface area (Å²) in [5.74, 6) is -0.460. The number of aromatic nitrogens is 3. The van der Waals surface area contributed by atoms with Crippen LogP contribution in [0.1, 0.15) is 17.3 Å². The highest BCUT2D eigenvalue weighted by atomic mass is 16.5. The molecular formula is C10H12N4O2. The van der Waals surface area contributed by atoms with Crippen molar-refractivity contribution >= 4 is 22.7 Å². The molecule has 2 aromatic heterocycles. The average molecular weight is 220 g/mol. The summed E-state index contributed by atoms with van der Waals surface area (Å²) >= 11 is 0. The highest BCUT2D eigenvalue weighted by Gasteiger charge is 2.15. The molecular weight excluding hydrogens is 208 g/mol. The molecule has 0 saturated heterocycles. The molecule has 0 radical (unpaired) electrons. The molecule has 2 N–H and O–H groups in total. The van der Waals surface area contributed by atoms with Crippen molar-refractivity contribution < 1.29 is 9.53 Å². The number of nitrogens with two attached hydrogens (primary N) is 1. The maximum Gasteiger partial charge on any atom is 0.341 e. The quantitative estimate of drug-likeness (QED) is 0.754. The van der Waals surface area contributed by atoms with Gasteiger partial charge in [0.25, 0.3) is 0 Å². The number of esters is 1. The van der Waals surface area contributed by atoms with Crippen molar-refractivity contribution in [3.63, 3.8) is 0 Å². The average Bonchev–Trinajstić information content (AvgIpc) is 2.62. The molecule has 2 heterocycles. The zero-order valence-electron chi connectivity index (χ0n) is 9.10. The first kappa shape index (κ1) is 10.4. The van der Waals surface area contributed by atoms with E-state index in [9.17, 15) is 4.79 Å². The molecule has 0 fully saturated rings. The fraction of sp³-hybridized carbons (Fsp3) is 0.300.